The number of carbonyl (C=O) groups is 1. The fraction of sp³-hybridized carbons (Fsp3) is 0. The number of nitrogens with two attached hydrogens (primary N) is 1. The third-order valence-electron chi connectivity index (χ3n) is 1.83. The highest BCUT2D eigenvalue weighted by molar-refractivity contribution is 8.01. The molecule has 16 heavy (non-hydrogen) atoms. The number of aromatic carboxylic acids is 1. The molecule has 0 saturated heterocycles. The molecule has 0 atom stereocenters. The van der Waals surface area contributed by atoms with Crippen LogP contribution in [0.2, 0.25) is 0 Å². The van der Waals surface area contributed by atoms with Crippen LogP contribution in [0.4, 0.5) is 5.13 Å². The second-order valence-corrected chi connectivity index (χ2v) is 5.33. The first-order valence-corrected chi connectivity index (χ1v) is 6.01. The smallest absolute Gasteiger partial charge is 0.336 e. The molecule has 0 aliphatic rings. The number of nitrogens with zero attached hydrogens (tertiary/aromatic N) is 1. The zero-order valence-corrected chi connectivity index (χ0v) is 9.72. The summed E-state index contributed by atoms with van der Waals surface area (Å²) in [6.45, 7) is 0. The van der Waals surface area contributed by atoms with Crippen LogP contribution in [0.5, 0.6) is 0 Å². The summed E-state index contributed by atoms with van der Waals surface area (Å²) in [6.07, 6.45) is 1.64. The second-order valence-electron chi connectivity index (χ2n) is 2.92. The molecule has 6 heteroatoms. The monoisotopic (exact) mass is 252 g/mol. The molecule has 0 amide bonds. The molecule has 0 aliphatic heterocycles. The van der Waals surface area contributed by atoms with Crippen LogP contribution >= 0.6 is 23.1 Å². The lowest BCUT2D eigenvalue weighted by Gasteiger charge is -2.02. The Labute approximate surface area is 100 Å². The van der Waals surface area contributed by atoms with Crippen molar-refractivity contribution in [2.75, 3.05) is 5.73 Å². The van der Waals surface area contributed by atoms with E-state index in [9.17, 15) is 4.79 Å². The molecule has 1 aromatic heterocycles. The average Bonchev–Trinajstić information content (AvgIpc) is 2.64. The molecule has 0 aliphatic carbocycles. The maximum absolute atomic E-state index is 11.0. The van der Waals surface area contributed by atoms with Gasteiger partial charge in [-0.1, -0.05) is 35.2 Å². The number of thiazole rings is 1. The Morgan fingerprint density at radius 3 is 2.81 bits per heavy atom. The van der Waals surface area contributed by atoms with Crippen LogP contribution < -0.4 is 5.73 Å². The molecule has 0 fully saturated rings. The zero-order chi connectivity index (χ0) is 11.5. The fourth-order valence-corrected chi connectivity index (χ4v) is 3.00. The van der Waals surface area contributed by atoms with Crippen molar-refractivity contribution < 1.29 is 9.90 Å². The number of rotatable bonds is 3. The molecule has 1 aromatic carbocycles. The van der Waals surface area contributed by atoms with E-state index in [1.54, 1.807) is 30.5 Å². The minimum atomic E-state index is -0.930. The first kappa shape index (κ1) is 11.0. The van der Waals surface area contributed by atoms with Crippen molar-refractivity contribution in [2.24, 2.45) is 0 Å². The van der Waals surface area contributed by atoms with Gasteiger partial charge in [0.25, 0.3) is 0 Å². The summed E-state index contributed by atoms with van der Waals surface area (Å²) in [7, 11) is 0. The number of hydrogen-bond acceptors (Lipinski definition) is 5. The number of anilines is 1. The Hall–Kier alpha value is -1.53. The topological polar surface area (TPSA) is 76.2 Å². The molecule has 0 bridgehead atoms. The van der Waals surface area contributed by atoms with Gasteiger partial charge in [0, 0.05) is 4.90 Å². The van der Waals surface area contributed by atoms with Crippen molar-refractivity contribution in [1.82, 2.24) is 4.98 Å². The van der Waals surface area contributed by atoms with Gasteiger partial charge in [0.15, 0.2) is 5.13 Å². The third-order valence-corrected chi connectivity index (χ3v) is 3.83. The lowest BCUT2D eigenvalue weighted by molar-refractivity contribution is 0.0693. The Morgan fingerprint density at radius 2 is 2.19 bits per heavy atom. The second kappa shape index (κ2) is 4.54. The SMILES string of the molecule is Nc1ncc(Sc2ccccc2C(=O)O)s1. The third kappa shape index (κ3) is 2.34. The highest BCUT2D eigenvalue weighted by Gasteiger charge is 2.11. The summed E-state index contributed by atoms with van der Waals surface area (Å²) >= 11 is 2.70. The van der Waals surface area contributed by atoms with Gasteiger partial charge in [0.05, 0.1) is 16.0 Å². The molecule has 0 spiro atoms. The van der Waals surface area contributed by atoms with Gasteiger partial charge in [-0.3, -0.25) is 0 Å². The molecule has 0 unspecified atom stereocenters. The van der Waals surface area contributed by atoms with E-state index in [2.05, 4.69) is 4.98 Å². The summed E-state index contributed by atoms with van der Waals surface area (Å²) in [5.41, 5.74) is 5.80. The number of benzene rings is 1. The Kier molecular flexibility index (Phi) is 3.12. The Balaban J connectivity index is 2.31. The maximum Gasteiger partial charge on any atom is 0.336 e. The largest absolute Gasteiger partial charge is 0.478 e. The fourth-order valence-electron chi connectivity index (χ4n) is 1.16. The van der Waals surface area contributed by atoms with Gasteiger partial charge < -0.3 is 10.8 Å². The van der Waals surface area contributed by atoms with Crippen molar-refractivity contribution in [3.63, 3.8) is 0 Å². The Bertz CT molecular complexity index is 525. The number of carboxylic acid groups (broad SMARTS) is 1. The van der Waals surface area contributed by atoms with Gasteiger partial charge >= 0.3 is 5.97 Å². The minimum absolute atomic E-state index is 0.291. The lowest BCUT2D eigenvalue weighted by Crippen LogP contribution is -1.97. The van der Waals surface area contributed by atoms with Gasteiger partial charge in [-0.25, -0.2) is 9.78 Å². The Morgan fingerprint density at radius 1 is 1.44 bits per heavy atom. The van der Waals surface area contributed by atoms with E-state index < -0.39 is 5.97 Å². The quantitative estimate of drug-likeness (QED) is 0.878. The zero-order valence-electron chi connectivity index (χ0n) is 8.08. The van der Waals surface area contributed by atoms with E-state index in [4.69, 9.17) is 10.8 Å². The van der Waals surface area contributed by atoms with Crippen molar-refractivity contribution in [3.05, 3.63) is 36.0 Å². The minimum Gasteiger partial charge on any atom is -0.478 e. The van der Waals surface area contributed by atoms with Gasteiger partial charge in [0.2, 0.25) is 0 Å². The molecule has 2 aromatic rings. The highest BCUT2D eigenvalue weighted by atomic mass is 32.2. The van der Waals surface area contributed by atoms with E-state index >= 15 is 0 Å². The van der Waals surface area contributed by atoms with Crippen LogP contribution in [0.15, 0.2) is 39.6 Å². The summed E-state index contributed by atoms with van der Waals surface area (Å²) in [4.78, 5) is 15.6. The summed E-state index contributed by atoms with van der Waals surface area (Å²) in [5, 5.41) is 9.48. The van der Waals surface area contributed by atoms with Crippen LogP contribution in [0.1, 0.15) is 10.4 Å². The summed E-state index contributed by atoms with van der Waals surface area (Å²) in [5.74, 6) is -0.930. The van der Waals surface area contributed by atoms with Crippen LogP contribution in [-0.2, 0) is 0 Å². The highest BCUT2D eigenvalue weighted by Crippen LogP contribution is 2.34. The molecule has 4 nitrogen and oxygen atoms in total. The molecule has 0 saturated carbocycles. The molecule has 3 N–H and O–H groups in total. The molecule has 0 radical (unpaired) electrons. The number of aromatic nitrogens is 1. The maximum atomic E-state index is 11.0. The summed E-state index contributed by atoms with van der Waals surface area (Å²) in [6, 6.07) is 6.85. The first-order chi connectivity index (χ1) is 7.66. The van der Waals surface area contributed by atoms with Gasteiger partial charge in [-0.15, -0.1) is 0 Å². The number of carboxylic acids is 1. The molecular formula is C10H8N2O2S2. The molecule has 82 valence electrons. The van der Waals surface area contributed by atoms with Gasteiger partial charge in [-0.2, -0.15) is 0 Å². The normalized spacial score (nSPS) is 10.2. The van der Waals surface area contributed by atoms with Crippen molar-refractivity contribution in [2.45, 2.75) is 9.10 Å². The van der Waals surface area contributed by atoms with E-state index in [1.807, 2.05) is 0 Å². The van der Waals surface area contributed by atoms with Crippen LogP contribution in [0.3, 0.4) is 0 Å². The van der Waals surface area contributed by atoms with Crippen LogP contribution in [0, 0.1) is 0 Å². The number of nitrogen functional groups attached to an aromatic ring is 1. The van der Waals surface area contributed by atoms with Crippen molar-refractivity contribution >= 4 is 34.2 Å². The molecule has 2 rings (SSSR count). The lowest BCUT2D eigenvalue weighted by atomic mass is 10.2. The number of hydrogen-bond donors (Lipinski definition) is 2. The predicted molar refractivity (Wildman–Crippen MR) is 64.1 cm³/mol. The predicted octanol–water partition coefficient (Wildman–Crippen LogP) is 2.57. The van der Waals surface area contributed by atoms with E-state index in [1.165, 1.54) is 23.1 Å². The van der Waals surface area contributed by atoms with E-state index in [0.29, 0.717) is 15.6 Å². The van der Waals surface area contributed by atoms with Gasteiger partial charge in [-0.05, 0) is 12.1 Å². The van der Waals surface area contributed by atoms with Crippen molar-refractivity contribution in [1.29, 1.82) is 0 Å². The average molecular weight is 252 g/mol. The van der Waals surface area contributed by atoms with E-state index in [-0.39, 0.29) is 0 Å². The van der Waals surface area contributed by atoms with Crippen LogP contribution in [-0.4, -0.2) is 16.1 Å². The van der Waals surface area contributed by atoms with Crippen molar-refractivity contribution in [3.8, 4) is 0 Å². The van der Waals surface area contributed by atoms with Gasteiger partial charge in [0.1, 0.15) is 0 Å². The summed E-state index contributed by atoms with van der Waals surface area (Å²) < 4.78 is 0.881. The first-order valence-electron chi connectivity index (χ1n) is 4.38. The molecular weight excluding hydrogens is 244 g/mol. The van der Waals surface area contributed by atoms with Crippen LogP contribution in [0.25, 0.3) is 0 Å². The standard InChI is InChI=1S/C10H8N2O2S2/c11-10-12-5-8(16-10)15-7-4-2-1-3-6(7)9(13)14/h1-5H,(H2,11,12)(H,13,14). The molecule has 1 heterocycles. The van der Waals surface area contributed by atoms with E-state index in [0.717, 1.165) is 4.21 Å².